The summed E-state index contributed by atoms with van der Waals surface area (Å²) in [5.41, 5.74) is 6.53. The third kappa shape index (κ3) is 2.74. The molecule has 1 aromatic rings. The molecular formula is C11H15N3OS. The minimum absolute atomic E-state index is 0.0293. The Morgan fingerprint density at radius 3 is 3.25 bits per heavy atom. The highest BCUT2D eigenvalue weighted by Crippen LogP contribution is 2.13. The van der Waals surface area contributed by atoms with E-state index in [4.69, 9.17) is 5.73 Å². The summed E-state index contributed by atoms with van der Waals surface area (Å²) in [5, 5.41) is 3.23. The van der Waals surface area contributed by atoms with Gasteiger partial charge in [-0.3, -0.25) is 4.79 Å². The number of nitrogens with zero attached hydrogens (tertiary/aromatic N) is 1. The number of ketones is 1. The lowest BCUT2D eigenvalue weighted by atomic mass is 10.1. The van der Waals surface area contributed by atoms with Gasteiger partial charge in [-0.2, -0.15) is 11.8 Å². The van der Waals surface area contributed by atoms with Gasteiger partial charge < -0.3 is 11.1 Å². The highest BCUT2D eigenvalue weighted by Gasteiger charge is 2.21. The molecule has 0 aromatic carbocycles. The van der Waals surface area contributed by atoms with Gasteiger partial charge in [-0.25, -0.2) is 4.98 Å². The molecule has 0 amide bonds. The second-order valence-corrected chi connectivity index (χ2v) is 4.92. The minimum atomic E-state index is -0.0293. The zero-order valence-corrected chi connectivity index (χ0v) is 9.80. The van der Waals surface area contributed by atoms with Crippen LogP contribution in [-0.2, 0) is 11.2 Å². The van der Waals surface area contributed by atoms with Crippen LogP contribution in [0.5, 0.6) is 0 Å². The van der Waals surface area contributed by atoms with E-state index >= 15 is 0 Å². The number of carbonyl (C=O) groups is 1. The van der Waals surface area contributed by atoms with Gasteiger partial charge >= 0.3 is 0 Å². The van der Waals surface area contributed by atoms with Gasteiger partial charge in [-0.1, -0.05) is 6.07 Å². The lowest BCUT2D eigenvalue weighted by molar-refractivity contribution is -0.119. The zero-order valence-electron chi connectivity index (χ0n) is 8.98. The number of carbonyl (C=O) groups excluding carboxylic acids is 1. The number of hydrogen-bond acceptors (Lipinski definition) is 5. The van der Waals surface area contributed by atoms with Crippen LogP contribution in [0.4, 0.5) is 5.82 Å². The number of hydrogen-bond donors (Lipinski definition) is 2. The quantitative estimate of drug-likeness (QED) is 0.800. The van der Waals surface area contributed by atoms with Crippen LogP contribution in [0.3, 0.4) is 0 Å². The Kier molecular flexibility index (Phi) is 3.79. The number of aromatic nitrogens is 1. The summed E-state index contributed by atoms with van der Waals surface area (Å²) >= 11 is 1.82. The number of thioether (sulfide) groups is 1. The van der Waals surface area contributed by atoms with Crippen molar-refractivity contribution in [1.82, 2.24) is 10.3 Å². The van der Waals surface area contributed by atoms with E-state index in [9.17, 15) is 4.79 Å². The average molecular weight is 237 g/mol. The highest BCUT2D eigenvalue weighted by atomic mass is 32.2. The molecule has 1 aliphatic heterocycles. The van der Waals surface area contributed by atoms with E-state index in [2.05, 4.69) is 10.3 Å². The maximum absolute atomic E-state index is 12.0. The highest BCUT2D eigenvalue weighted by molar-refractivity contribution is 7.99. The van der Waals surface area contributed by atoms with Crippen molar-refractivity contribution >= 4 is 23.4 Å². The van der Waals surface area contributed by atoms with E-state index < -0.39 is 0 Å². The predicted octanol–water partition coefficient (Wildman–Crippen LogP) is 0.480. The number of nitrogen functional groups attached to an aromatic ring is 1. The van der Waals surface area contributed by atoms with Crippen LogP contribution in [-0.4, -0.2) is 34.9 Å². The summed E-state index contributed by atoms with van der Waals surface area (Å²) in [6, 6.07) is 3.64. The Balaban J connectivity index is 1.99. The first-order valence-corrected chi connectivity index (χ1v) is 6.46. The molecule has 0 radical (unpaired) electrons. The van der Waals surface area contributed by atoms with E-state index in [0.717, 1.165) is 23.6 Å². The van der Waals surface area contributed by atoms with Crippen molar-refractivity contribution < 1.29 is 4.79 Å². The molecule has 1 unspecified atom stereocenters. The molecule has 3 N–H and O–H groups in total. The summed E-state index contributed by atoms with van der Waals surface area (Å²) in [6.45, 7) is 0.906. The monoisotopic (exact) mass is 237 g/mol. The topological polar surface area (TPSA) is 68.0 Å². The zero-order chi connectivity index (χ0) is 11.4. The molecule has 4 nitrogen and oxygen atoms in total. The van der Waals surface area contributed by atoms with Crippen LogP contribution in [0.1, 0.15) is 5.56 Å². The Morgan fingerprint density at radius 2 is 2.56 bits per heavy atom. The van der Waals surface area contributed by atoms with Gasteiger partial charge in [0.05, 0.1) is 6.04 Å². The number of Topliss-reactive ketones (excluding diaryl/α,β-unsaturated/α-hetero) is 1. The first-order chi connectivity index (χ1) is 7.77. The maximum atomic E-state index is 12.0. The smallest absolute Gasteiger partial charge is 0.155 e. The van der Waals surface area contributed by atoms with E-state index in [0.29, 0.717) is 12.2 Å². The second kappa shape index (κ2) is 5.32. The van der Waals surface area contributed by atoms with E-state index in [1.165, 1.54) is 0 Å². The van der Waals surface area contributed by atoms with Crippen molar-refractivity contribution in [3.63, 3.8) is 0 Å². The molecule has 0 spiro atoms. The molecular weight excluding hydrogens is 222 g/mol. The lowest BCUT2D eigenvalue weighted by Gasteiger charge is -2.21. The Morgan fingerprint density at radius 1 is 1.69 bits per heavy atom. The van der Waals surface area contributed by atoms with Gasteiger partial charge in [-0.05, 0) is 6.07 Å². The molecule has 2 heterocycles. The molecule has 1 saturated heterocycles. The Bertz CT molecular complexity index is 377. The summed E-state index contributed by atoms with van der Waals surface area (Å²) in [6.07, 6.45) is 2.01. The third-order valence-electron chi connectivity index (χ3n) is 2.60. The van der Waals surface area contributed by atoms with Gasteiger partial charge in [0.15, 0.2) is 5.78 Å². The summed E-state index contributed by atoms with van der Waals surface area (Å²) in [5.74, 6) is 2.60. The van der Waals surface area contributed by atoms with Crippen LogP contribution in [0.25, 0.3) is 0 Å². The average Bonchev–Trinajstić information content (AvgIpc) is 2.33. The van der Waals surface area contributed by atoms with Crippen molar-refractivity contribution in [2.45, 2.75) is 12.5 Å². The molecule has 16 heavy (non-hydrogen) atoms. The first-order valence-electron chi connectivity index (χ1n) is 5.30. The van der Waals surface area contributed by atoms with Crippen LogP contribution >= 0.6 is 11.8 Å². The number of nitrogens with two attached hydrogens (primary N) is 1. The maximum Gasteiger partial charge on any atom is 0.155 e. The van der Waals surface area contributed by atoms with Crippen molar-refractivity contribution in [2.75, 3.05) is 23.8 Å². The predicted molar refractivity (Wildman–Crippen MR) is 66.5 cm³/mol. The SMILES string of the molecule is Nc1ncccc1CC(=O)C1CSCCN1. The minimum Gasteiger partial charge on any atom is -0.383 e. The number of anilines is 1. The Labute approximate surface area is 99.0 Å². The molecule has 86 valence electrons. The van der Waals surface area contributed by atoms with Crippen molar-refractivity contribution in [3.8, 4) is 0 Å². The largest absolute Gasteiger partial charge is 0.383 e. The van der Waals surface area contributed by atoms with Gasteiger partial charge in [0.1, 0.15) is 5.82 Å². The molecule has 2 rings (SSSR count). The summed E-state index contributed by atoms with van der Waals surface area (Å²) in [4.78, 5) is 15.9. The van der Waals surface area contributed by atoms with Crippen LogP contribution in [0.15, 0.2) is 18.3 Å². The van der Waals surface area contributed by atoms with Gasteiger partial charge in [0, 0.05) is 36.2 Å². The fourth-order valence-corrected chi connectivity index (χ4v) is 2.65. The fraction of sp³-hybridized carbons (Fsp3) is 0.455. The molecule has 1 aromatic heterocycles. The molecule has 1 fully saturated rings. The molecule has 0 bridgehead atoms. The van der Waals surface area contributed by atoms with Crippen LogP contribution in [0, 0.1) is 0 Å². The van der Waals surface area contributed by atoms with Crippen molar-refractivity contribution in [3.05, 3.63) is 23.9 Å². The van der Waals surface area contributed by atoms with Gasteiger partial charge in [-0.15, -0.1) is 0 Å². The summed E-state index contributed by atoms with van der Waals surface area (Å²) < 4.78 is 0. The van der Waals surface area contributed by atoms with Crippen molar-refractivity contribution in [1.29, 1.82) is 0 Å². The van der Waals surface area contributed by atoms with Crippen molar-refractivity contribution in [2.24, 2.45) is 0 Å². The van der Waals surface area contributed by atoms with E-state index in [1.54, 1.807) is 6.20 Å². The van der Waals surface area contributed by atoms with Crippen LogP contribution in [0.2, 0.25) is 0 Å². The first kappa shape index (κ1) is 11.4. The second-order valence-electron chi connectivity index (χ2n) is 3.77. The number of rotatable bonds is 3. The van der Waals surface area contributed by atoms with Crippen LogP contribution < -0.4 is 11.1 Å². The Hall–Kier alpha value is -1.07. The molecule has 0 aliphatic carbocycles. The van der Waals surface area contributed by atoms with Gasteiger partial charge in [0.25, 0.3) is 0 Å². The summed E-state index contributed by atoms with van der Waals surface area (Å²) in [7, 11) is 0. The lowest BCUT2D eigenvalue weighted by Crippen LogP contribution is -2.44. The van der Waals surface area contributed by atoms with E-state index in [1.807, 2.05) is 23.9 Å². The molecule has 1 aliphatic rings. The fourth-order valence-electron chi connectivity index (χ4n) is 1.68. The molecule has 5 heteroatoms. The van der Waals surface area contributed by atoms with E-state index in [-0.39, 0.29) is 11.8 Å². The normalized spacial score (nSPS) is 20.6. The molecule has 0 saturated carbocycles. The third-order valence-corrected chi connectivity index (χ3v) is 3.66. The number of nitrogens with one attached hydrogen (secondary N) is 1. The van der Waals surface area contributed by atoms with Gasteiger partial charge in [0.2, 0.25) is 0 Å². The molecule has 1 atom stereocenters. The standard InChI is InChI=1S/C11H15N3OS/c12-11-8(2-1-3-14-11)6-10(15)9-7-16-5-4-13-9/h1-3,9,13H,4-7H2,(H2,12,14). The number of pyridine rings is 1.